The highest BCUT2D eigenvalue weighted by Crippen LogP contribution is 2.15. The molecule has 0 N–H and O–H groups in total. The van der Waals surface area contributed by atoms with Gasteiger partial charge in [-0.1, -0.05) is 12.1 Å². The smallest absolute Gasteiger partial charge is 0.258 e. The third kappa shape index (κ3) is 4.29. The molecule has 0 heterocycles. The third-order valence-corrected chi connectivity index (χ3v) is 4.52. The molecule has 0 aliphatic heterocycles. The van der Waals surface area contributed by atoms with Crippen LogP contribution in [-0.4, -0.2) is 31.2 Å². The molecule has 0 aliphatic rings. The number of sulfonamides is 1. The zero-order chi connectivity index (χ0) is 15.3. The fraction of sp³-hybridized carbons (Fsp3) is 0.417. The molecule has 0 aliphatic carbocycles. The maximum Gasteiger partial charge on any atom is 0.269 e. The summed E-state index contributed by atoms with van der Waals surface area (Å²) in [6.07, 6.45) is 0. The molecule has 8 heteroatoms. The minimum Gasteiger partial charge on any atom is -0.258 e. The summed E-state index contributed by atoms with van der Waals surface area (Å²) < 4.78 is 25.2. The van der Waals surface area contributed by atoms with Gasteiger partial charge in [-0.2, -0.15) is 5.26 Å². The molecule has 1 aromatic carbocycles. The standard InChI is InChI=1S/C12H15N3O4S/c1-10(7-13)8-14(2)20(18,19)9-11-3-5-12(6-4-11)15(16)17/h3-6,10H,8-9H2,1-2H3. The first kappa shape index (κ1) is 16.1. The van der Waals surface area contributed by atoms with E-state index < -0.39 is 20.9 Å². The highest BCUT2D eigenvalue weighted by Gasteiger charge is 2.20. The number of nitrogens with zero attached hydrogens (tertiary/aromatic N) is 3. The van der Waals surface area contributed by atoms with E-state index in [2.05, 4.69) is 0 Å². The number of rotatable bonds is 6. The van der Waals surface area contributed by atoms with Crippen molar-refractivity contribution in [3.63, 3.8) is 0 Å². The third-order valence-electron chi connectivity index (χ3n) is 2.72. The van der Waals surface area contributed by atoms with Crippen LogP contribution >= 0.6 is 0 Å². The molecule has 0 amide bonds. The summed E-state index contributed by atoms with van der Waals surface area (Å²) in [4.78, 5) is 9.97. The topological polar surface area (TPSA) is 104 Å². The lowest BCUT2D eigenvalue weighted by atomic mass is 10.2. The van der Waals surface area contributed by atoms with Gasteiger partial charge in [-0.3, -0.25) is 10.1 Å². The van der Waals surface area contributed by atoms with Gasteiger partial charge >= 0.3 is 0 Å². The lowest BCUT2D eigenvalue weighted by Gasteiger charge is -2.18. The van der Waals surface area contributed by atoms with E-state index in [1.54, 1.807) is 6.92 Å². The van der Waals surface area contributed by atoms with Crippen LogP contribution in [0.1, 0.15) is 12.5 Å². The Bertz CT molecular complexity index is 619. The molecule has 20 heavy (non-hydrogen) atoms. The van der Waals surface area contributed by atoms with Crippen molar-refractivity contribution in [3.05, 3.63) is 39.9 Å². The van der Waals surface area contributed by atoms with Crippen molar-refractivity contribution in [3.8, 4) is 6.07 Å². The zero-order valence-corrected chi connectivity index (χ0v) is 12.0. The van der Waals surface area contributed by atoms with Gasteiger partial charge in [-0.25, -0.2) is 12.7 Å². The molecule has 0 radical (unpaired) electrons. The number of nitriles is 1. The molecule has 1 atom stereocenters. The first-order valence-corrected chi connectivity index (χ1v) is 7.44. The molecule has 7 nitrogen and oxygen atoms in total. The van der Waals surface area contributed by atoms with Crippen LogP contribution in [-0.2, 0) is 15.8 Å². The van der Waals surface area contributed by atoms with Crippen LogP contribution < -0.4 is 0 Å². The predicted octanol–water partition coefficient (Wildman–Crippen LogP) is 1.52. The Balaban J connectivity index is 2.80. The minimum atomic E-state index is -3.54. The van der Waals surface area contributed by atoms with Gasteiger partial charge in [-0.15, -0.1) is 0 Å². The van der Waals surface area contributed by atoms with Crippen LogP contribution in [0.5, 0.6) is 0 Å². The maximum absolute atomic E-state index is 12.1. The van der Waals surface area contributed by atoms with Crippen molar-refractivity contribution >= 4 is 15.7 Å². The molecular weight excluding hydrogens is 282 g/mol. The van der Waals surface area contributed by atoms with E-state index >= 15 is 0 Å². The average Bonchev–Trinajstić information content (AvgIpc) is 2.38. The number of nitro groups is 1. The Hall–Kier alpha value is -1.98. The Morgan fingerprint density at radius 2 is 1.95 bits per heavy atom. The molecular formula is C12H15N3O4S. The van der Waals surface area contributed by atoms with Crippen LogP contribution in [0.25, 0.3) is 0 Å². The summed E-state index contributed by atoms with van der Waals surface area (Å²) in [5, 5.41) is 19.2. The van der Waals surface area contributed by atoms with Crippen molar-refractivity contribution in [2.75, 3.05) is 13.6 Å². The van der Waals surface area contributed by atoms with Gasteiger partial charge in [0, 0.05) is 25.7 Å². The quantitative estimate of drug-likeness (QED) is 0.584. The molecule has 0 spiro atoms. The highest BCUT2D eigenvalue weighted by atomic mass is 32.2. The number of non-ortho nitro benzene ring substituents is 1. The van der Waals surface area contributed by atoms with Crippen LogP contribution in [0.2, 0.25) is 0 Å². The molecule has 0 fully saturated rings. The molecule has 1 rings (SSSR count). The van der Waals surface area contributed by atoms with Gasteiger partial charge in [-0.05, 0) is 12.5 Å². The molecule has 0 saturated heterocycles. The van der Waals surface area contributed by atoms with E-state index in [9.17, 15) is 18.5 Å². The molecule has 1 aromatic rings. The summed E-state index contributed by atoms with van der Waals surface area (Å²) in [6, 6.07) is 7.33. The van der Waals surface area contributed by atoms with Crippen molar-refractivity contribution < 1.29 is 13.3 Å². The van der Waals surface area contributed by atoms with Crippen LogP contribution in [0.15, 0.2) is 24.3 Å². The molecule has 1 unspecified atom stereocenters. The normalized spacial score (nSPS) is 12.9. The predicted molar refractivity (Wildman–Crippen MR) is 73.1 cm³/mol. The van der Waals surface area contributed by atoms with Crippen molar-refractivity contribution in [2.24, 2.45) is 5.92 Å². The highest BCUT2D eigenvalue weighted by molar-refractivity contribution is 7.88. The zero-order valence-electron chi connectivity index (χ0n) is 11.2. The fourth-order valence-corrected chi connectivity index (χ4v) is 2.86. The Labute approximate surface area is 117 Å². The van der Waals surface area contributed by atoms with Crippen LogP contribution in [0, 0.1) is 27.4 Å². The van der Waals surface area contributed by atoms with E-state index in [1.165, 1.54) is 31.3 Å². The Morgan fingerprint density at radius 1 is 1.40 bits per heavy atom. The lowest BCUT2D eigenvalue weighted by Crippen LogP contribution is -2.31. The summed E-state index contributed by atoms with van der Waals surface area (Å²) in [7, 11) is -2.13. The largest absolute Gasteiger partial charge is 0.269 e. The average molecular weight is 297 g/mol. The summed E-state index contributed by atoms with van der Waals surface area (Å²) in [5.41, 5.74) is 0.379. The second kappa shape index (κ2) is 6.45. The minimum absolute atomic E-state index is 0.0856. The first-order chi connectivity index (χ1) is 9.26. The molecule has 108 valence electrons. The van der Waals surface area contributed by atoms with E-state index in [1.807, 2.05) is 6.07 Å². The molecule has 0 bridgehead atoms. The van der Waals surface area contributed by atoms with E-state index in [0.29, 0.717) is 5.56 Å². The van der Waals surface area contributed by atoms with Crippen molar-refractivity contribution in [1.29, 1.82) is 5.26 Å². The number of hydrogen-bond donors (Lipinski definition) is 0. The van der Waals surface area contributed by atoms with Crippen LogP contribution in [0.3, 0.4) is 0 Å². The van der Waals surface area contributed by atoms with E-state index in [-0.39, 0.29) is 18.0 Å². The second-order valence-electron chi connectivity index (χ2n) is 4.49. The van der Waals surface area contributed by atoms with Gasteiger partial charge in [0.15, 0.2) is 0 Å². The van der Waals surface area contributed by atoms with Gasteiger partial charge in [0.2, 0.25) is 10.0 Å². The Morgan fingerprint density at radius 3 is 2.40 bits per heavy atom. The van der Waals surface area contributed by atoms with Gasteiger partial charge in [0.05, 0.1) is 22.7 Å². The number of hydrogen-bond acceptors (Lipinski definition) is 5. The SMILES string of the molecule is CC(C#N)CN(C)S(=O)(=O)Cc1ccc([N+](=O)[O-])cc1. The van der Waals surface area contributed by atoms with E-state index in [0.717, 1.165) is 4.31 Å². The van der Waals surface area contributed by atoms with E-state index in [4.69, 9.17) is 5.26 Å². The summed E-state index contributed by atoms with van der Waals surface area (Å²) in [6.45, 7) is 1.75. The summed E-state index contributed by atoms with van der Waals surface area (Å²) >= 11 is 0. The number of nitro benzene ring substituents is 1. The fourth-order valence-electron chi connectivity index (χ4n) is 1.57. The van der Waals surface area contributed by atoms with Gasteiger partial charge in [0.1, 0.15) is 0 Å². The van der Waals surface area contributed by atoms with Crippen LogP contribution in [0.4, 0.5) is 5.69 Å². The molecule has 0 saturated carbocycles. The monoisotopic (exact) mass is 297 g/mol. The Kier molecular flexibility index (Phi) is 5.19. The lowest BCUT2D eigenvalue weighted by molar-refractivity contribution is -0.384. The number of benzene rings is 1. The van der Waals surface area contributed by atoms with Gasteiger partial charge < -0.3 is 0 Å². The van der Waals surface area contributed by atoms with Gasteiger partial charge in [0.25, 0.3) is 5.69 Å². The first-order valence-electron chi connectivity index (χ1n) is 5.83. The van der Waals surface area contributed by atoms with Crippen molar-refractivity contribution in [1.82, 2.24) is 4.31 Å². The maximum atomic E-state index is 12.1. The summed E-state index contributed by atoms with van der Waals surface area (Å²) in [5.74, 6) is -0.647. The molecule has 0 aromatic heterocycles. The van der Waals surface area contributed by atoms with Crippen molar-refractivity contribution in [2.45, 2.75) is 12.7 Å². The second-order valence-corrected chi connectivity index (χ2v) is 6.57.